The quantitative estimate of drug-likeness (QED) is 0.493. The predicted octanol–water partition coefficient (Wildman–Crippen LogP) is 5.68. The first kappa shape index (κ1) is 24.5. The Kier molecular flexibility index (Phi) is 9.19. The first-order valence-electron chi connectivity index (χ1n) is 10.6. The highest BCUT2D eigenvalue weighted by Crippen LogP contribution is 2.24. The number of nitrogens with one attached hydrogen (secondary N) is 1. The molecule has 0 aliphatic carbocycles. The Bertz CT molecular complexity index is 902. The molecule has 31 heavy (non-hydrogen) atoms. The Labute approximate surface area is 183 Å². The largest absolute Gasteiger partial charge is 0.496 e. The van der Waals surface area contributed by atoms with E-state index in [2.05, 4.69) is 37.9 Å². The second-order valence-corrected chi connectivity index (χ2v) is 8.04. The molecule has 0 spiro atoms. The number of amides is 1. The smallest absolute Gasteiger partial charge is 0.248 e. The number of anilines is 1. The van der Waals surface area contributed by atoms with E-state index in [0.717, 1.165) is 42.8 Å². The summed E-state index contributed by atoms with van der Waals surface area (Å²) >= 11 is 0. The second kappa shape index (κ2) is 11.6. The minimum Gasteiger partial charge on any atom is -0.496 e. The summed E-state index contributed by atoms with van der Waals surface area (Å²) in [6, 6.07) is 9.67. The number of ether oxygens (including phenoxy) is 1. The molecule has 6 heteroatoms. The highest BCUT2D eigenvalue weighted by molar-refractivity contribution is 6.02. The Hall–Kier alpha value is -2.73. The molecule has 0 bridgehead atoms. The molecule has 0 aliphatic rings. The van der Waals surface area contributed by atoms with Gasteiger partial charge in [-0.25, -0.2) is 8.78 Å². The van der Waals surface area contributed by atoms with Gasteiger partial charge in [-0.05, 0) is 89.1 Å². The van der Waals surface area contributed by atoms with E-state index in [1.807, 2.05) is 12.1 Å². The average Bonchev–Trinajstić information content (AvgIpc) is 2.70. The van der Waals surface area contributed by atoms with Crippen molar-refractivity contribution in [3.05, 3.63) is 65.2 Å². The van der Waals surface area contributed by atoms with Crippen molar-refractivity contribution in [2.75, 3.05) is 19.0 Å². The lowest BCUT2D eigenvalue weighted by atomic mass is 10.1. The standard InChI is InChI=1S/C25H32F2N2O2/c1-17(2)29(18(3)4)14-6-7-20-15-22(11-12-24(20)31-5)28-25(30)13-9-19-8-10-21(26)16-23(19)27/h8-13,15-18H,6-7,14H2,1-5H3,(H,28,30)/b13-9+. The highest BCUT2D eigenvalue weighted by Gasteiger charge is 2.13. The average molecular weight is 431 g/mol. The minimum absolute atomic E-state index is 0.145. The first-order valence-corrected chi connectivity index (χ1v) is 10.6. The number of hydrogen-bond acceptors (Lipinski definition) is 3. The maximum absolute atomic E-state index is 13.7. The van der Waals surface area contributed by atoms with E-state index in [1.54, 1.807) is 13.2 Å². The molecule has 0 saturated carbocycles. The molecular weight excluding hydrogens is 398 g/mol. The molecule has 0 aliphatic heterocycles. The molecule has 0 unspecified atom stereocenters. The van der Waals surface area contributed by atoms with E-state index in [1.165, 1.54) is 18.2 Å². The first-order chi connectivity index (χ1) is 14.7. The van der Waals surface area contributed by atoms with Crippen LogP contribution in [0, 0.1) is 11.6 Å². The monoisotopic (exact) mass is 430 g/mol. The second-order valence-electron chi connectivity index (χ2n) is 8.04. The van der Waals surface area contributed by atoms with Gasteiger partial charge in [-0.3, -0.25) is 9.69 Å². The molecule has 1 N–H and O–H groups in total. The topological polar surface area (TPSA) is 41.6 Å². The van der Waals surface area contributed by atoms with Gasteiger partial charge < -0.3 is 10.1 Å². The number of aryl methyl sites for hydroxylation is 1. The van der Waals surface area contributed by atoms with Crippen molar-refractivity contribution in [1.82, 2.24) is 4.90 Å². The van der Waals surface area contributed by atoms with Gasteiger partial charge in [0.2, 0.25) is 5.91 Å². The van der Waals surface area contributed by atoms with E-state index in [-0.39, 0.29) is 5.56 Å². The number of rotatable bonds is 10. The fraction of sp³-hybridized carbons (Fsp3) is 0.400. The van der Waals surface area contributed by atoms with Gasteiger partial charge in [0.1, 0.15) is 17.4 Å². The summed E-state index contributed by atoms with van der Waals surface area (Å²) < 4.78 is 32.2. The summed E-state index contributed by atoms with van der Waals surface area (Å²) in [6.07, 6.45) is 4.33. The van der Waals surface area contributed by atoms with Gasteiger partial charge in [-0.1, -0.05) is 0 Å². The SMILES string of the molecule is COc1ccc(NC(=O)/C=C/c2ccc(F)cc2F)cc1CCCN(C(C)C)C(C)C. The van der Waals surface area contributed by atoms with Crippen LogP contribution < -0.4 is 10.1 Å². The predicted molar refractivity (Wildman–Crippen MR) is 122 cm³/mol. The maximum Gasteiger partial charge on any atom is 0.248 e. The van der Waals surface area contributed by atoms with Crippen LogP contribution in [0.3, 0.4) is 0 Å². The van der Waals surface area contributed by atoms with Crippen molar-refractivity contribution < 1.29 is 18.3 Å². The summed E-state index contributed by atoms with van der Waals surface area (Å²) in [5, 5.41) is 2.78. The van der Waals surface area contributed by atoms with Crippen molar-refractivity contribution in [2.24, 2.45) is 0 Å². The molecule has 0 aromatic heterocycles. The third kappa shape index (κ3) is 7.47. The van der Waals surface area contributed by atoms with Crippen molar-refractivity contribution in [1.29, 1.82) is 0 Å². The molecule has 2 aromatic carbocycles. The number of hydrogen-bond donors (Lipinski definition) is 1. The lowest BCUT2D eigenvalue weighted by molar-refractivity contribution is -0.111. The molecule has 0 saturated heterocycles. The van der Waals surface area contributed by atoms with Gasteiger partial charge in [-0.15, -0.1) is 0 Å². The normalized spacial score (nSPS) is 11.7. The van der Waals surface area contributed by atoms with Crippen molar-refractivity contribution in [3.8, 4) is 5.75 Å². The molecule has 0 heterocycles. The van der Waals surface area contributed by atoms with Crippen LogP contribution in [0.15, 0.2) is 42.5 Å². The van der Waals surface area contributed by atoms with E-state index in [4.69, 9.17) is 4.74 Å². The molecular formula is C25H32F2N2O2. The van der Waals surface area contributed by atoms with Crippen LogP contribution in [0.2, 0.25) is 0 Å². The summed E-state index contributed by atoms with van der Waals surface area (Å²) in [7, 11) is 1.63. The van der Waals surface area contributed by atoms with Crippen LogP contribution in [0.1, 0.15) is 45.2 Å². The fourth-order valence-electron chi connectivity index (χ4n) is 3.60. The van der Waals surface area contributed by atoms with E-state index in [9.17, 15) is 13.6 Å². The summed E-state index contributed by atoms with van der Waals surface area (Å²) in [4.78, 5) is 14.7. The Morgan fingerprint density at radius 1 is 1.10 bits per heavy atom. The zero-order valence-corrected chi connectivity index (χ0v) is 18.9. The number of carbonyl (C=O) groups excluding carboxylic acids is 1. The van der Waals surface area contributed by atoms with Crippen molar-refractivity contribution in [2.45, 2.75) is 52.6 Å². The van der Waals surface area contributed by atoms with Crippen LogP contribution in [0.4, 0.5) is 14.5 Å². The van der Waals surface area contributed by atoms with Gasteiger partial charge in [0, 0.05) is 35.5 Å². The number of nitrogens with zero attached hydrogens (tertiary/aromatic N) is 1. The van der Waals surface area contributed by atoms with E-state index in [0.29, 0.717) is 17.8 Å². The zero-order chi connectivity index (χ0) is 23.0. The summed E-state index contributed by atoms with van der Waals surface area (Å²) in [6.45, 7) is 9.76. The van der Waals surface area contributed by atoms with Gasteiger partial charge in [0.25, 0.3) is 0 Å². The summed E-state index contributed by atoms with van der Waals surface area (Å²) in [5.41, 5.74) is 1.79. The minimum atomic E-state index is -0.715. The zero-order valence-electron chi connectivity index (χ0n) is 18.9. The van der Waals surface area contributed by atoms with Crippen LogP contribution in [0.25, 0.3) is 6.08 Å². The molecule has 0 fully saturated rings. The van der Waals surface area contributed by atoms with E-state index < -0.39 is 17.5 Å². The Balaban J connectivity index is 2.03. The van der Waals surface area contributed by atoms with Crippen LogP contribution in [0.5, 0.6) is 5.75 Å². The number of halogens is 2. The van der Waals surface area contributed by atoms with Gasteiger partial charge in [-0.2, -0.15) is 0 Å². The van der Waals surface area contributed by atoms with Crippen LogP contribution >= 0.6 is 0 Å². The number of benzene rings is 2. The molecule has 0 atom stereocenters. The van der Waals surface area contributed by atoms with Crippen molar-refractivity contribution >= 4 is 17.7 Å². The third-order valence-electron chi connectivity index (χ3n) is 5.11. The van der Waals surface area contributed by atoms with Crippen LogP contribution in [-0.2, 0) is 11.2 Å². The lowest BCUT2D eigenvalue weighted by Gasteiger charge is -2.30. The fourth-order valence-corrected chi connectivity index (χ4v) is 3.60. The molecule has 2 rings (SSSR count). The molecule has 4 nitrogen and oxygen atoms in total. The number of carbonyl (C=O) groups is 1. The Morgan fingerprint density at radius 3 is 2.42 bits per heavy atom. The van der Waals surface area contributed by atoms with Gasteiger partial charge in [0.15, 0.2) is 0 Å². The lowest BCUT2D eigenvalue weighted by Crippen LogP contribution is -2.37. The van der Waals surface area contributed by atoms with E-state index >= 15 is 0 Å². The van der Waals surface area contributed by atoms with Crippen molar-refractivity contribution in [3.63, 3.8) is 0 Å². The number of methoxy groups -OCH3 is 1. The molecule has 0 radical (unpaired) electrons. The third-order valence-corrected chi connectivity index (χ3v) is 5.11. The molecule has 168 valence electrons. The summed E-state index contributed by atoms with van der Waals surface area (Å²) in [5.74, 6) is -0.990. The molecule has 1 amide bonds. The Morgan fingerprint density at radius 2 is 1.81 bits per heavy atom. The highest BCUT2D eigenvalue weighted by atomic mass is 19.1. The maximum atomic E-state index is 13.7. The van der Waals surface area contributed by atoms with Gasteiger partial charge in [0.05, 0.1) is 7.11 Å². The van der Waals surface area contributed by atoms with Gasteiger partial charge >= 0.3 is 0 Å². The molecule has 2 aromatic rings. The van der Waals surface area contributed by atoms with Crippen LogP contribution in [-0.4, -0.2) is 36.5 Å².